The van der Waals surface area contributed by atoms with Crippen molar-refractivity contribution in [1.29, 1.82) is 0 Å². The van der Waals surface area contributed by atoms with E-state index < -0.39 is 5.97 Å². The smallest absolute Gasteiger partial charge is 0.335 e. The van der Waals surface area contributed by atoms with E-state index >= 15 is 0 Å². The van der Waals surface area contributed by atoms with Crippen LogP contribution < -0.4 is 0 Å². The summed E-state index contributed by atoms with van der Waals surface area (Å²) in [5, 5.41) is 9.09. The maximum Gasteiger partial charge on any atom is 0.335 e. The molecule has 2 aromatic rings. The van der Waals surface area contributed by atoms with Gasteiger partial charge in [0, 0.05) is 5.56 Å². The highest BCUT2D eigenvalue weighted by atomic mass is 16.4. The molecule has 0 radical (unpaired) electrons. The van der Waals surface area contributed by atoms with Gasteiger partial charge in [0.25, 0.3) is 0 Å². The van der Waals surface area contributed by atoms with Gasteiger partial charge >= 0.3 is 5.97 Å². The van der Waals surface area contributed by atoms with Crippen molar-refractivity contribution in [2.75, 3.05) is 13.6 Å². The zero-order valence-corrected chi connectivity index (χ0v) is 12.0. The number of pyridine rings is 1. The molecule has 1 aromatic heterocycles. The third kappa shape index (κ3) is 2.81. The second-order valence-corrected chi connectivity index (χ2v) is 5.47. The van der Waals surface area contributed by atoms with Gasteiger partial charge in [-0.25, -0.2) is 4.79 Å². The number of carboxylic acid groups (broad SMARTS) is 1. The lowest BCUT2D eigenvalue weighted by molar-refractivity contribution is 0.0697. The maximum atomic E-state index is 11.1. The summed E-state index contributed by atoms with van der Waals surface area (Å²) in [7, 11) is 2.12. The fraction of sp³-hybridized carbons (Fsp3) is 0.294. The highest BCUT2D eigenvalue weighted by Crippen LogP contribution is 2.30. The summed E-state index contributed by atoms with van der Waals surface area (Å²) >= 11 is 0. The molecule has 0 saturated carbocycles. The van der Waals surface area contributed by atoms with Crippen molar-refractivity contribution in [3.8, 4) is 11.3 Å². The Hall–Kier alpha value is -2.20. The molecule has 0 unspecified atom stereocenters. The lowest BCUT2D eigenvalue weighted by atomic mass is 10.1. The predicted molar refractivity (Wildman–Crippen MR) is 81.2 cm³/mol. The molecule has 0 aliphatic carbocycles. The lowest BCUT2D eigenvalue weighted by Crippen LogP contribution is -2.18. The van der Waals surface area contributed by atoms with Crippen LogP contribution >= 0.6 is 0 Å². The maximum absolute atomic E-state index is 11.1. The van der Waals surface area contributed by atoms with Crippen LogP contribution in [-0.2, 0) is 0 Å². The summed E-state index contributed by atoms with van der Waals surface area (Å²) in [6, 6.07) is 13.3. The average Bonchev–Trinajstić information content (AvgIpc) is 2.94. The number of hydrogen-bond acceptors (Lipinski definition) is 3. The molecule has 1 aromatic carbocycles. The Morgan fingerprint density at radius 2 is 2.10 bits per heavy atom. The molecule has 0 amide bonds. The predicted octanol–water partition coefficient (Wildman–Crippen LogP) is 3.21. The number of aromatic nitrogens is 1. The van der Waals surface area contributed by atoms with Gasteiger partial charge in [-0.15, -0.1) is 0 Å². The molecule has 108 valence electrons. The summed E-state index contributed by atoms with van der Waals surface area (Å²) in [6.45, 7) is 1.10. The number of rotatable bonds is 3. The molecular weight excluding hydrogens is 264 g/mol. The SMILES string of the molecule is CN1CCC[C@H]1c1cccc(-c2cccc(C(=O)O)c2)n1. The van der Waals surface area contributed by atoms with E-state index in [-0.39, 0.29) is 5.56 Å². The van der Waals surface area contributed by atoms with Gasteiger partial charge in [-0.2, -0.15) is 0 Å². The van der Waals surface area contributed by atoms with Gasteiger partial charge in [-0.3, -0.25) is 9.88 Å². The molecular formula is C17H18N2O2. The first-order valence-corrected chi connectivity index (χ1v) is 7.16. The molecule has 1 aliphatic rings. The summed E-state index contributed by atoms with van der Waals surface area (Å²) in [4.78, 5) is 18.1. The molecule has 1 atom stereocenters. The molecule has 3 rings (SSSR count). The second-order valence-electron chi connectivity index (χ2n) is 5.47. The fourth-order valence-electron chi connectivity index (χ4n) is 2.89. The molecule has 1 saturated heterocycles. The van der Waals surface area contributed by atoms with Gasteiger partial charge in [0.2, 0.25) is 0 Å². The summed E-state index contributed by atoms with van der Waals surface area (Å²) < 4.78 is 0. The van der Waals surface area contributed by atoms with Gasteiger partial charge in [0.05, 0.1) is 23.0 Å². The fourth-order valence-corrected chi connectivity index (χ4v) is 2.89. The Bertz CT molecular complexity index is 669. The van der Waals surface area contributed by atoms with Gasteiger partial charge in [-0.05, 0) is 50.7 Å². The van der Waals surface area contributed by atoms with Crippen LogP contribution in [0, 0.1) is 0 Å². The third-order valence-corrected chi connectivity index (χ3v) is 4.04. The Labute approximate surface area is 124 Å². The van der Waals surface area contributed by atoms with Crippen molar-refractivity contribution in [2.24, 2.45) is 0 Å². The standard InChI is InChI=1S/C17H18N2O2/c1-19-10-4-9-16(19)15-8-3-7-14(18-15)12-5-2-6-13(11-12)17(20)21/h2-3,5-8,11,16H,4,9-10H2,1H3,(H,20,21)/t16-/m0/s1. The first-order chi connectivity index (χ1) is 10.1. The van der Waals surface area contributed by atoms with E-state index in [1.54, 1.807) is 18.2 Å². The number of benzene rings is 1. The van der Waals surface area contributed by atoms with Crippen LogP contribution in [0.4, 0.5) is 0 Å². The summed E-state index contributed by atoms with van der Waals surface area (Å²) in [5.74, 6) is -0.913. The average molecular weight is 282 g/mol. The van der Waals surface area contributed by atoms with Crippen LogP contribution in [0.15, 0.2) is 42.5 Å². The normalized spacial score (nSPS) is 18.8. The van der Waals surface area contributed by atoms with Crippen LogP contribution in [0.5, 0.6) is 0 Å². The van der Waals surface area contributed by atoms with Crippen molar-refractivity contribution in [3.05, 3.63) is 53.7 Å². The van der Waals surface area contributed by atoms with Crippen molar-refractivity contribution in [1.82, 2.24) is 9.88 Å². The Morgan fingerprint density at radius 3 is 2.81 bits per heavy atom. The van der Waals surface area contributed by atoms with E-state index in [0.29, 0.717) is 6.04 Å². The number of carboxylic acids is 1. The van der Waals surface area contributed by atoms with Crippen LogP contribution in [0.1, 0.15) is 34.9 Å². The number of aromatic carboxylic acids is 1. The Balaban J connectivity index is 1.96. The highest BCUT2D eigenvalue weighted by molar-refractivity contribution is 5.89. The molecule has 21 heavy (non-hydrogen) atoms. The third-order valence-electron chi connectivity index (χ3n) is 4.04. The molecule has 4 heteroatoms. The zero-order chi connectivity index (χ0) is 14.8. The van der Waals surface area contributed by atoms with Crippen LogP contribution in [0.3, 0.4) is 0 Å². The molecule has 1 N–H and O–H groups in total. The van der Waals surface area contributed by atoms with Gasteiger partial charge in [0.1, 0.15) is 0 Å². The number of carbonyl (C=O) groups is 1. The molecule has 2 heterocycles. The number of nitrogens with zero attached hydrogens (tertiary/aromatic N) is 2. The number of likely N-dealkylation sites (tertiary alicyclic amines) is 1. The lowest BCUT2D eigenvalue weighted by Gasteiger charge is -2.19. The van der Waals surface area contributed by atoms with E-state index in [4.69, 9.17) is 10.1 Å². The van der Waals surface area contributed by atoms with E-state index in [1.807, 2.05) is 18.2 Å². The molecule has 0 spiro atoms. The quantitative estimate of drug-likeness (QED) is 0.939. The Morgan fingerprint density at radius 1 is 1.29 bits per heavy atom. The van der Waals surface area contributed by atoms with Gasteiger partial charge in [0.15, 0.2) is 0 Å². The Kier molecular flexibility index (Phi) is 3.71. The van der Waals surface area contributed by atoms with E-state index in [9.17, 15) is 4.79 Å². The van der Waals surface area contributed by atoms with Crippen LogP contribution in [0.25, 0.3) is 11.3 Å². The first kappa shape index (κ1) is 13.8. The van der Waals surface area contributed by atoms with E-state index in [2.05, 4.69) is 18.0 Å². The monoisotopic (exact) mass is 282 g/mol. The van der Waals surface area contributed by atoms with E-state index in [1.165, 1.54) is 6.42 Å². The molecule has 0 bridgehead atoms. The van der Waals surface area contributed by atoms with Crippen molar-refractivity contribution in [2.45, 2.75) is 18.9 Å². The van der Waals surface area contributed by atoms with Crippen molar-refractivity contribution in [3.63, 3.8) is 0 Å². The molecule has 4 nitrogen and oxygen atoms in total. The molecule has 1 aliphatic heterocycles. The van der Waals surface area contributed by atoms with Crippen LogP contribution in [0.2, 0.25) is 0 Å². The first-order valence-electron chi connectivity index (χ1n) is 7.16. The second kappa shape index (κ2) is 5.66. The van der Waals surface area contributed by atoms with Gasteiger partial charge in [-0.1, -0.05) is 18.2 Å². The van der Waals surface area contributed by atoms with Gasteiger partial charge < -0.3 is 5.11 Å². The zero-order valence-electron chi connectivity index (χ0n) is 12.0. The summed E-state index contributed by atoms with van der Waals surface area (Å²) in [5.41, 5.74) is 3.03. The van der Waals surface area contributed by atoms with Crippen molar-refractivity contribution >= 4 is 5.97 Å². The minimum atomic E-state index is -0.913. The minimum absolute atomic E-state index is 0.290. The molecule has 1 fully saturated rings. The largest absolute Gasteiger partial charge is 0.478 e. The minimum Gasteiger partial charge on any atom is -0.478 e. The van der Waals surface area contributed by atoms with E-state index in [0.717, 1.165) is 29.9 Å². The summed E-state index contributed by atoms with van der Waals surface area (Å²) in [6.07, 6.45) is 2.32. The van der Waals surface area contributed by atoms with Crippen LogP contribution in [-0.4, -0.2) is 34.6 Å². The number of hydrogen-bond donors (Lipinski definition) is 1. The topological polar surface area (TPSA) is 53.4 Å². The van der Waals surface area contributed by atoms with Crippen molar-refractivity contribution < 1.29 is 9.90 Å². The highest BCUT2D eigenvalue weighted by Gasteiger charge is 2.23.